The fraction of sp³-hybridized carbons (Fsp3) is 0.200. The molecule has 0 aliphatic carbocycles. The van der Waals surface area contributed by atoms with Crippen LogP contribution in [0.1, 0.15) is 0 Å². The first kappa shape index (κ1) is 13.6. The highest BCUT2D eigenvalue weighted by Crippen LogP contribution is 2.41. The smallest absolute Gasteiger partial charge is 0.134 e. The van der Waals surface area contributed by atoms with Crippen molar-refractivity contribution >= 4 is 11.8 Å². The summed E-state index contributed by atoms with van der Waals surface area (Å²) < 4.78 is 10.5. The van der Waals surface area contributed by atoms with Gasteiger partial charge in [0.05, 0.1) is 19.8 Å². The summed E-state index contributed by atoms with van der Waals surface area (Å²) in [5.41, 5.74) is 1.59. The van der Waals surface area contributed by atoms with Crippen molar-refractivity contribution in [1.29, 1.82) is 0 Å². The molecule has 1 N–H and O–H groups in total. The Kier molecular flexibility index (Phi) is 4.22. The zero-order valence-electron chi connectivity index (χ0n) is 11.1. The second kappa shape index (κ2) is 5.89. The van der Waals surface area contributed by atoms with Gasteiger partial charge in [0, 0.05) is 17.0 Å². The van der Waals surface area contributed by atoms with Crippen LogP contribution in [-0.2, 0) is 0 Å². The molecule has 0 saturated heterocycles. The van der Waals surface area contributed by atoms with Crippen molar-refractivity contribution in [3.63, 3.8) is 0 Å². The van der Waals surface area contributed by atoms with Crippen molar-refractivity contribution in [2.75, 3.05) is 20.5 Å². The fourth-order valence-corrected chi connectivity index (χ4v) is 2.31. The van der Waals surface area contributed by atoms with E-state index in [-0.39, 0.29) is 5.75 Å². The Morgan fingerprint density at radius 3 is 2.21 bits per heavy atom. The van der Waals surface area contributed by atoms with Crippen LogP contribution in [0.25, 0.3) is 11.1 Å². The third-order valence-corrected chi connectivity index (χ3v) is 3.63. The van der Waals surface area contributed by atoms with Gasteiger partial charge in [0.25, 0.3) is 0 Å². The third kappa shape index (κ3) is 2.79. The number of phenols is 1. The van der Waals surface area contributed by atoms with E-state index in [1.54, 1.807) is 38.1 Å². The van der Waals surface area contributed by atoms with Crippen LogP contribution in [0, 0.1) is 0 Å². The van der Waals surface area contributed by atoms with E-state index < -0.39 is 0 Å². The Morgan fingerprint density at radius 2 is 1.68 bits per heavy atom. The van der Waals surface area contributed by atoms with E-state index in [1.165, 1.54) is 4.90 Å². The Hall–Kier alpha value is -1.81. The van der Waals surface area contributed by atoms with Crippen molar-refractivity contribution in [1.82, 2.24) is 0 Å². The van der Waals surface area contributed by atoms with Gasteiger partial charge in [-0.05, 0) is 24.0 Å². The van der Waals surface area contributed by atoms with Crippen LogP contribution in [-0.4, -0.2) is 25.6 Å². The lowest BCUT2D eigenvalue weighted by Crippen LogP contribution is -1.91. The number of aromatic hydroxyl groups is 1. The molecule has 0 aromatic heterocycles. The number of phenolic OH excluding ortho intramolecular Hbond substituents is 1. The van der Waals surface area contributed by atoms with Gasteiger partial charge in [0.15, 0.2) is 0 Å². The number of benzene rings is 2. The van der Waals surface area contributed by atoms with Gasteiger partial charge in [0.2, 0.25) is 0 Å². The number of rotatable bonds is 4. The molecule has 0 aliphatic heterocycles. The molecule has 3 nitrogen and oxygen atoms in total. The number of hydrogen-bond donors (Lipinski definition) is 1. The number of ether oxygens (including phenoxy) is 2. The summed E-state index contributed by atoms with van der Waals surface area (Å²) in [6.45, 7) is 0. The summed E-state index contributed by atoms with van der Waals surface area (Å²) in [6, 6.07) is 11.3. The maximum absolute atomic E-state index is 10.1. The van der Waals surface area contributed by atoms with Crippen LogP contribution in [0.4, 0.5) is 0 Å². The van der Waals surface area contributed by atoms with Crippen LogP contribution in [0.2, 0.25) is 0 Å². The number of thioether (sulfide) groups is 1. The molecule has 4 heteroatoms. The third-order valence-electron chi connectivity index (χ3n) is 2.89. The highest BCUT2D eigenvalue weighted by Gasteiger charge is 2.13. The van der Waals surface area contributed by atoms with Gasteiger partial charge >= 0.3 is 0 Å². The summed E-state index contributed by atoms with van der Waals surface area (Å²) in [6.07, 6.45) is 2.03. The maximum atomic E-state index is 10.1. The summed E-state index contributed by atoms with van der Waals surface area (Å²) in [5.74, 6) is 1.31. The molecule has 2 rings (SSSR count). The molecule has 0 spiro atoms. The lowest BCUT2D eigenvalue weighted by Gasteiger charge is -2.13. The van der Waals surface area contributed by atoms with E-state index in [9.17, 15) is 5.11 Å². The van der Waals surface area contributed by atoms with E-state index in [4.69, 9.17) is 9.47 Å². The molecule has 19 heavy (non-hydrogen) atoms. The minimum absolute atomic E-state index is 0.146. The second-order valence-electron chi connectivity index (χ2n) is 3.95. The zero-order chi connectivity index (χ0) is 13.8. The van der Waals surface area contributed by atoms with Gasteiger partial charge in [-0.1, -0.05) is 12.1 Å². The molecule has 0 radical (unpaired) electrons. The normalized spacial score (nSPS) is 10.3. The van der Waals surface area contributed by atoms with Gasteiger partial charge in [0.1, 0.15) is 17.2 Å². The first-order valence-electron chi connectivity index (χ1n) is 5.79. The molecule has 0 unspecified atom stereocenters. The lowest BCUT2D eigenvalue weighted by atomic mass is 10.0. The number of hydrogen-bond acceptors (Lipinski definition) is 4. The molecular weight excluding hydrogens is 260 g/mol. The number of methoxy groups -OCH3 is 2. The first-order valence-corrected chi connectivity index (χ1v) is 7.01. The molecule has 0 aliphatic rings. The van der Waals surface area contributed by atoms with Crippen molar-refractivity contribution in [3.05, 3.63) is 36.4 Å². The van der Waals surface area contributed by atoms with Gasteiger partial charge in [-0.25, -0.2) is 0 Å². The van der Waals surface area contributed by atoms with E-state index in [1.807, 2.05) is 30.5 Å². The monoisotopic (exact) mass is 276 g/mol. The van der Waals surface area contributed by atoms with Crippen LogP contribution < -0.4 is 9.47 Å². The molecule has 2 aromatic rings. The molecule has 100 valence electrons. The SMILES string of the molecule is COc1cc(O)c(-c2ccc(SC)cc2)c(OC)c1. The Bertz CT molecular complexity index is 564. The molecule has 2 aromatic carbocycles. The Morgan fingerprint density at radius 1 is 1.00 bits per heavy atom. The molecule has 0 heterocycles. The van der Waals surface area contributed by atoms with Crippen molar-refractivity contribution in [2.45, 2.75) is 4.90 Å². The van der Waals surface area contributed by atoms with Crippen molar-refractivity contribution < 1.29 is 14.6 Å². The highest BCUT2D eigenvalue weighted by atomic mass is 32.2. The fourth-order valence-electron chi connectivity index (χ4n) is 1.90. The summed E-state index contributed by atoms with van der Waals surface area (Å²) in [4.78, 5) is 1.18. The van der Waals surface area contributed by atoms with Crippen LogP contribution in [0.15, 0.2) is 41.3 Å². The average molecular weight is 276 g/mol. The topological polar surface area (TPSA) is 38.7 Å². The second-order valence-corrected chi connectivity index (χ2v) is 4.83. The van der Waals surface area contributed by atoms with Gasteiger partial charge < -0.3 is 14.6 Å². The summed E-state index contributed by atoms with van der Waals surface area (Å²) >= 11 is 1.68. The van der Waals surface area contributed by atoms with E-state index >= 15 is 0 Å². The molecule has 0 saturated carbocycles. The highest BCUT2D eigenvalue weighted by molar-refractivity contribution is 7.98. The van der Waals surface area contributed by atoms with Gasteiger partial charge in [-0.3, -0.25) is 0 Å². The predicted molar refractivity (Wildman–Crippen MR) is 78.4 cm³/mol. The molecular formula is C15H16O3S. The Balaban J connectivity index is 2.53. The maximum Gasteiger partial charge on any atom is 0.134 e. The zero-order valence-corrected chi connectivity index (χ0v) is 12.0. The predicted octanol–water partition coefficient (Wildman–Crippen LogP) is 3.80. The average Bonchev–Trinajstić information content (AvgIpc) is 2.46. The van der Waals surface area contributed by atoms with Crippen LogP contribution >= 0.6 is 11.8 Å². The Labute approximate surface area is 117 Å². The standard InChI is InChI=1S/C15H16O3S/c1-17-11-8-13(16)15(14(9-11)18-2)10-4-6-12(19-3)7-5-10/h4-9,16H,1-3H3. The van der Waals surface area contributed by atoms with Gasteiger partial charge in [-0.15, -0.1) is 11.8 Å². The van der Waals surface area contributed by atoms with Crippen molar-refractivity contribution in [3.8, 4) is 28.4 Å². The molecule has 0 amide bonds. The summed E-state index contributed by atoms with van der Waals surface area (Å²) in [7, 11) is 3.13. The minimum atomic E-state index is 0.146. The molecule has 0 fully saturated rings. The van der Waals surface area contributed by atoms with E-state index in [2.05, 4.69) is 0 Å². The quantitative estimate of drug-likeness (QED) is 0.862. The lowest BCUT2D eigenvalue weighted by molar-refractivity contribution is 0.387. The van der Waals surface area contributed by atoms with Crippen LogP contribution in [0.3, 0.4) is 0 Å². The van der Waals surface area contributed by atoms with E-state index in [0.29, 0.717) is 17.1 Å². The molecule has 0 atom stereocenters. The van der Waals surface area contributed by atoms with Crippen molar-refractivity contribution in [2.24, 2.45) is 0 Å². The minimum Gasteiger partial charge on any atom is -0.507 e. The summed E-state index contributed by atoms with van der Waals surface area (Å²) in [5, 5.41) is 10.1. The molecule has 0 bridgehead atoms. The first-order chi connectivity index (χ1) is 9.19. The van der Waals surface area contributed by atoms with Gasteiger partial charge in [-0.2, -0.15) is 0 Å². The van der Waals surface area contributed by atoms with Crippen LogP contribution in [0.5, 0.6) is 17.2 Å². The largest absolute Gasteiger partial charge is 0.507 e. The van der Waals surface area contributed by atoms with E-state index in [0.717, 1.165) is 5.56 Å².